The molecule has 3 rings (SSSR count). The lowest BCUT2D eigenvalue weighted by Crippen LogP contribution is -2.43. The predicted molar refractivity (Wildman–Crippen MR) is 78.8 cm³/mol. The molecule has 0 spiro atoms. The van der Waals surface area contributed by atoms with Crippen molar-refractivity contribution in [2.75, 3.05) is 26.2 Å². The number of thiophene rings is 1. The highest BCUT2D eigenvalue weighted by Gasteiger charge is 2.31. The molecule has 0 aliphatic carbocycles. The number of piperidine rings is 1. The number of nitrogens with zero attached hydrogens (tertiary/aromatic N) is 2. The Labute approximate surface area is 123 Å². The van der Waals surface area contributed by atoms with Gasteiger partial charge in [-0.25, -0.2) is 0 Å². The quantitative estimate of drug-likeness (QED) is 0.838. The van der Waals surface area contributed by atoms with Gasteiger partial charge in [0, 0.05) is 32.1 Å². The van der Waals surface area contributed by atoms with Crippen LogP contribution in [0.4, 0.5) is 0 Å². The highest BCUT2D eigenvalue weighted by atomic mass is 32.1. The summed E-state index contributed by atoms with van der Waals surface area (Å²) in [6.07, 6.45) is 3.90. The highest BCUT2D eigenvalue weighted by molar-refractivity contribution is 7.12. The second kappa shape index (κ2) is 5.95. The molecule has 2 aliphatic rings. The van der Waals surface area contributed by atoms with Crippen molar-refractivity contribution in [2.45, 2.75) is 25.7 Å². The number of carbonyl (C=O) groups is 2. The molecular formula is C15H20N2O2S. The maximum atomic E-state index is 12.3. The fourth-order valence-electron chi connectivity index (χ4n) is 3.08. The molecule has 1 aromatic heterocycles. The van der Waals surface area contributed by atoms with Crippen molar-refractivity contribution >= 4 is 23.2 Å². The normalized spacial score (nSPS) is 20.4. The largest absolute Gasteiger partial charge is 0.342 e. The fourth-order valence-corrected chi connectivity index (χ4v) is 3.77. The van der Waals surface area contributed by atoms with E-state index in [9.17, 15) is 9.59 Å². The summed E-state index contributed by atoms with van der Waals surface area (Å²) in [4.78, 5) is 29.3. The van der Waals surface area contributed by atoms with E-state index in [1.807, 2.05) is 27.3 Å². The third-order valence-corrected chi connectivity index (χ3v) is 5.14. The van der Waals surface area contributed by atoms with E-state index in [2.05, 4.69) is 0 Å². The summed E-state index contributed by atoms with van der Waals surface area (Å²) in [5.74, 6) is 0.554. The van der Waals surface area contributed by atoms with Crippen LogP contribution >= 0.6 is 11.3 Å². The molecule has 20 heavy (non-hydrogen) atoms. The first-order valence-corrected chi connectivity index (χ1v) is 8.25. The average Bonchev–Trinajstić information content (AvgIpc) is 3.18. The topological polar surface area (TPSA) is 40.6 Å². The van der Waals surface area contributed by atoms with Crippen molar-refractivity contribution < 1.29 is 9.59 Å². The Kier molecular flexibility index (Phi) is 4.05. The van der Waals surface area contributed by atoms with Gasteiger partial charge in [0.05, 0.1) is 4.88 Å². The van der Waals surface area contributed by atoms with Crippen LogP contribution in [0.1, 0.15) is 35.4 Å². The van der Waals surface area contributed by atoms with Crippen molar-refractivity contribution in [1.82, 2.24) is 9.80 Å². The summed E-state index contributed by atoms with van der Waals surface area (Å²) in [6, 6.07) is 3.77. The van der Waals surface area contributed by atoms with Crippen LogP contribution in [0, 0.1) is 5.92 Å². The summed E-state index contributed by atoms with van der Waals surface area (Å²) in [5, 5.41) is 1.93. The van der Waals surface area contributed by atoms with Gasteiger partial charge in [0.15, 0.2) is 0 Å². The van der Waals surface area contributed by atoms with Gasteiger partial charge in [-0.05, 0) is 37.1 Å². The highest BCUT2D eigenvalue weighted by Crippen LogP contribution is 2.23. The lowest BCUT2D eigenvalue weighted by molar-refractivity contribution is -0.135. The van der Waals surface area contributed by atoms with Gasteiger partial charge in [-0.1, -0.05) is 6.07 Å². The van der Waals surface area contributed by atoms with Crippen molar-refractivity contribution in [3.8, 4) is 0 Å². The van der Waals surface area contributed by atoms with Crippen molar-refractivity contribution in [3.63, 3.8) is 0 Å². The van der Waals surface area contributed by atoms with Crippen LogP contribution in [0.5, 0.6) is 0 Å². The molecule has 0 unspecified atom stereocenters. The molecule has 2 saturated heterocycles. The van der Waals surface area contributed by atoms with Gasteiger partial charge in [-0.2, -0.15) is 0 Å². The first-order chi connectivity index (χ1) is 9.75. The molecule has 108 valence electrons. The Morgan fingerprint density at radius 1 is 1.05 bits per heavy atom. The second-order valence-corrected chi connectivity index (χ2v) is 6.52. The van der Waals surface area contributed by atoms with E-state index in [0.717, 1.165) is 43.6 Å². The Hall–Kier alpha value is -1.36. The van der Waals surface area contributed by atoms with Crippen LogP contribution in [0.25, 0.3) is 0 Å². The molecule has 3 heterocycles. The van der Waals surface area contributed by atoms with Gasteiger partial charge in [0.25, 0.3) is 5.91 Å². The molecule has 0 saturated carbocycles. The fraction of sp³-hybridized carbons (Fsp3) is 0.600. The SMILES string of the molecule is O=C(c1cccs1)N1CCC(C(=O)N2CCCC2)CC1. The molecule has 4 nitrogen and oxygen atoms in total. The van der Waals surface area contributed by atoms with Crippen LogP contribution in [-0.2, 0) is 4.79 Å². The minimum Gasteiger partial charge on any atom is -0.342 e. The standard InChI is InChI=1S/C15H20N2O2S/c18-14(16-7-1-2-8-16)12-5-9-17(10-6-12)15(19)13-4-3-11-20-13/h3-4,11-12H,1-2,5-10H2. The lowest BCUT2D eigenvalue weighted by Gasteiger charge is -2.33. The number of rotatable bonds is 2. The summed E-state index contributed by atoms with van der Waals surface area (Å²) in [6.45, 7) is 3.27. The van der Waals surface area contributed by atoms with E-state index in [4.69, 9.17) is 0 Å². The smallest absolute Gasteiger partial charge is 0.263 e. The third kappa shape index (κ3) is 2.73. The summed E-state index contributed by atoms with van der Waals surface area (Å²) >= 11 is 1.49. The maximum Gasteiger partial charge on any atom is 0.263 e. The molecule has 2 amide bonds. The Bertz CT molecular complexity index is 472. The van der Waals surface area contributed by atoms with Gasteiger partial charge in [0.2, 0.25) is 5.91 Å². The van der Waals surface area contributed by atoms with Crippen LogP contribution in [0.15, 0.2) is 17.5 Å². The molecule has 0 atom stereocenters. The second-order valence-electron chi connectivity index (χ2n) is 5.58. The Morgan fingerprint density at radius 2 is 1.75 bits per heavy atom. The summed E-state index contributed by atoms with van der Waals surface area (Å²) in [5.41, 5.74) is 0. The zero-order valence-corrected chi connectivity index (χ0v) is 12.4. The van der Waals surface area contributed by atoms with E-state index >= 15 is 0 Å². The predicted octanol–water partition coefficient (Wildman–Crippen LogP) is 2.22. The molecule has 5 heteroatoms. The monoisotopic (exact) mass is 292 g/mol. The number of amides is 2. The van der Waals surface area contributed by atoms with Crippen LogP contribution in [0.3, 0.4) is 0 Å². The van der Waals surface area contributed by atoms with E-state index in [0.29, 0.717) is 19.0 Å². The van der Waals surface area contributed by atoms with Crippen molar-refractivity contribution in [1.29, 1.82) is 0 Å². The first-order valence-electron chi connectivity index (χ1n) is 7.37. The number of hydrogen-bond acceptors (Lipinski definition) is 3. The van der Waals surface area contributed by atoms with Gasteiger partial charge < -0.3 is 9.80 Å². The zero-order valence-electron chi connectivity index (χ0n) is 11.6. The van der Waals surface area contributed by atoms with E-state index < -0.39 is 0 Å². The number of carbonyl (C=O) groups excluding carboxylic acids is 2. The molecule has 2 fully saturated rings. The number of likely N-dealkylation sites (tertiary alicyclic amines) is 2. The van der Waals surface area contributed by atoms with E-state index in [1.54, 1.807) is 0 Å². The summed E-state index contributed by atoms with van der Waals surface area (Å²) < 4.78 is 0. The molecule has 2 aliphatic heterocycles. The van der Waals surface area contributed by atoms with Gasteiger partial charge in [0.1, 0.15) is 0 Å². The van der Waals surface area contributed by atoms with Gasteiger partial charge in [-0.3, -0.25) is 9.59 Å². The van der Waals surface area contributed by atoms with Gasteiger partial charge >= 0.3 is 0 Å². The summed E-state index contributed by atoms with van der Waals surface area (Å²) in [7, 11) is 0. The lowest BCUT2D eigenvalue weighted by atomic mass is 9.95. The van der Waals surface area contributed by atoms with Crippen LogP contribution < -0.4 is 0 Å². The van der Waals surface area contributed by atoms with E-state index in [1.165, 1.54) is 11.3 Å². The molecular weight excluding hydrogens is 272 g/mol. The minimum absolute atomic E-state index is 0.118. The molecule has 0 radical (unpaired) electrons. The third-order valence-electron chi connectivity index (χ3n) is 4.28. The maximum absolute atomic E-state index is 12.3. The van der Waals surface area contributed by atoms with Crippen LogP contribution in [-0.4, -0.2) is 47.8 Å². The van der Waals surface area contributed by atoms with Crippen LogP contribution in [0.2, 0.25) is 0 Å². The zero-order chi connectivity index (χ0) is 13.9. The van der Waals surface area contributed by atoms with Gasteiger partial charge in [-0.15, -0.1) is 11.3 Å². The molecule has 0 bridgehead atoms. The molecule has 0 aromatic carbocycles. The Morgan fingerprint density at radius 3 is 2.35 bits per heavy atom. The van der Waals surface area contributed by atoms with E-state index in [-0.39, 0.29) is 11.8 Å². The van der Waals surface area contributed by atoms with Crippen molar-refractivity contribution in [2.24, 2.45) is 5.92 Å². The number of hydrogen-bond donors (Lipinski definition) is 0. The molecule has 1 aromatic rings. The first kappa shape index (κ1) is 13.6. The van der Waals surface area contributed by atoms with Crippen molar-refractivity contribution in [3.05, 3.63) is 22.4 Å². The Balaban J connectivity index is 1.54. The minimum atomic E-state index is 0.118. The molecule has 0 N–H and O–H groups in total. The average molecular weight is 292 g/mol.